The third-order valence-corrected chi connectivity index (χ3v) is 18.8. The van der Waals surface area contributed by atoms with E-state index in [0.717, 1.165) is 71.9 Å². The molecule has 1 aliphatic carbocycles. The molecule has 0 heterocycles. The van der Waals surface area contributed by atoms with Crippen molar-refractivity contribution < 1.29 is 0 Å². The second kappa shape index (κ2) is 50.3. The molecule has 0 heteroatoms. The molecule has 3 aromatic carbocycles. The lowest BCUT2D eigenvalue weighted by Crippen LogP contribution is -2.02. The molecular weight excluding hydrogens is 1010 g/mol. The van der Waals surface area contributed by atoms with Crippen LogP contribution in [0.3, 0.4) is 0 Å². The SMILES string of the molecule is CCCCCCCCCCc1cc2c(cc1CCCCCCCCCC)C#Cc1cc(CCCCCCCCCC)c(CCCCCCCCCC)cc1C#Cc1cc(CCCCCCCCCC)c(CCCCCCCCCC)cc1C#C2. The summed E-state index contributed by atoms with van der Waals surface area (Å²) in [5.74, 6) is 23.3. The molecule has 468 valence electrons. The lowest BCUT2D eigenvalue weighted by molar-refractivity contribution is 0.570. The highest BCUT2D eigenvalue weighted by atomic mass is 14.2. The van der Waals surface area contributed by atoms with Gasteiger partial charge in [-0.25, -0.2) is 0 Å². The zero-order chi connectivity index (χ0) is 59.6. The highest BCUT2D eigenvalue weighted by Crippen LogP contribution is 2.28. The van der Waals surface area contributed by atoms with Gasteiger partial charge in [-0.3, -0.25) is 0 Å². The standard InChI is InChI=1S/C84H132/c1-7-13-19-25-31-37-43-49-55-73-67-79-61-62-81-69-75(57-51-45-39-33-27-21-15-9-3)77(59-53-47-41-35-29-23-17-11-5)71-83(81)65-66-84-72-78(60-54-48-42-36-30-24-18-12-6)76(58-52-46-40-34-28-22-16-10-4)70-82(84)64-63-80(79)68-74(73)56-50-44-38-32-26-20-14-8-2/h67-72H,7-60H2,1-6H3. The van der Waals surface area contributed by atoms with E-state index >= 15 is 0 Å². The Morgan fingerprint density at radius 3 is 0.381 bits per heavy atom. The van der Waals surface area contributed by atoms with Crippen LogP contribution in [0.4, 0.5) is 0 Å². The molecule has 0 amide bonds. The molecule has 84 heavy (non-hydrogen) atoms. The van der Waals surface area contributed by atoms with E-state index in [1.807, 2.05) is 0 Å². The number of aryl methyl sites for hydroxylation is 6. The maximum Gasteiger partial charge on any atom is 0.0408 e. The van der Waals surface area contributed by atoms with E-state index in [2.05, 4.69) is 113 Å². The molecule has 0 saturated carbocycles. The van der Waals surface area contributed by atoms with Crippen molar-refractivity contribution in [3.05, 3.63) is 103 Å². The Bertz CT molecular complexity index is 1900. The Morgan fingerprint density at radius 1 is 0.155 bits per heavy atom. The zero-order valence-corrected chi connectivity index (χ0v) is 56.6. The van der Waals surface area contributed by atoms with Crippen LogP contribution in [0.2, 0.25) is 0 Å². The molecule has 0 aromatic heterocycles. The van der Waals surface area contributed by atoms with Crippen LogP contribution in [-0.4, -0.2) is 0 Å². The van der Waals surface area contributed by atoms with E-state index in [1.165, 1.54) is 342 Å². The molecule has 0 aliphatic heterocycles. The summed E-state index contributed by atoms with van der Waals surface area (Å²) < 4.78 is 0. The summed E-state index contributed by atoms with van der Waals surface area (Å²) in [5, 5.41) is 0. The Hall–Kier alpha value is -3.66. The molecule has 1 aliphatic rings. The van der Waals surface area contributed by atoms with Crippen LogP contribution in [0.1, 0.15) is 417 Å². The lowest BCUT2D eigenvalue weighted by atomic mass is 9.89. The van der Waals surface area contributed by atoms with Gasteiger partial charge in [-0.2, -0.15) is 0 Å². The summed E-state index contributed by atoms with van der Waals surface area (Å²) >= 11 is 0. The summed E-state index contributed by atoms with van der Waals surface area (Å²) in [6, 6.07) is 15.1. The first kappa shape index (κ1) is 72.8. The van der Waals surface area contributed by atoms with E-state index < -0.39 is 0 Å². The highest BCUT2D eigenvalue weighted by molar-refractivity contribution is 5.64. The first-order valence-corrected chi connectivity index (χ1v) is 37.6. The van der Waals surface area contributed by atoms with Crippen LogP contribution in [-0.2, 0) is 38.5 Å². The fourth-order valence-corrected chi connectivity index (χ4v) is 13.2. The Kier molecular flexibility index (Phi) is 43.6. The molecule has 0 unspecified atom stereocenters. The van der Waals surface area contributed by atoms with Crippen molar-refractivity contribution in [1.29, 1.82) is 0 Å². The molecular formula is C84H132. The van der Waals surface area contributed by atoms with Crippen molar-refractivity contribution in [3.63, 3.8) is 0 Å². The molecule has 4 rings (SSSR count). The summed E-state index contributed by atoms with van der Waals surface area (Å²) in [4.78, 5) is 0. The van der Waals surface area contributed by atoms with Gasteiger partial charge < -0.3 is 0 Å². The fourth-order valence-electron chi connectivity index (χ4n) is 13.2. The zero-order valence-electron chi connectivity index (χ0n) is 56.6. The van der Waals surface area contributed by atoms with Crippen LogP contribution in [0.5, 0.6) is 0 Å². The highest BCUT2D eigenvalue weighted by Gasteiger charge is 2.15. The van der Waals surface area contributed by atoms with Crippen molar-refractivity contribution >= 4 is 0 Å². The molecule has 0 fully saturated rings. The predicted octanol–water partition coefficient (Wildman–Crippen LogP) is 26.3. The third kappa shape index (κ3) is 32.9. The molecule has 0 atom stereocenters. The largest absolute Gasteiger partial charge is 0.0654 e. The second-order valence-corrected chi connectivity index (χ2v) is 26.6. The molecule has 0 radical (unpaired) electrons. The maximum absolute atomic E-state index is 3.89. The molecule has 0 nitrogen and oxygen atoms in total. The van der Waals surface area contributed by atoms with Crippen molar-refractivity contribution in [2.75, 3.05) is 0 Å². The maximum atomic E-state index is 3.89. The Morgan fingerprint density at radius 2 is 0.262 bits per heavy atom. The average Bonchev–Trinajstić information content (AvgIpc) is 3.62. The molecule has 0 bridgehead atoms. The number of unbranched alkanes of at least 4 members (excludes halogenated alkanes) is 42. The van der Waals surface area contributed by atoms with Crippen molar-refractivity contribution in [3.8, 4) is 35.5 Å². The van der Waals surface area contributed by atoms with Crippen LogP contribution < -0.4 is 0 Å². The second-order valence-electron chi connectivity index (χ2n) is 26.6. The minimum absolute atomic E-state index is 1.12. The summed E-state index contributed by atoms with van der Waals surface area (Å²) in [6.07, 6.45) is 71.6. The van der Waals surface area contributed by atoms with Gasteiger partial charge in [0.15, 0.2) is 0 Å². The summed E-state index contributed by atoms with van der Waals surface area (Å²) in [5.41, 5.74) is 15.9. The normalized spacial score (nSPS) is 11.6. The molecule has 0 saturated heterocycles. The minimum Gasteiger partial charge on any atom is -0.0654 e. The van der Waals surface area contributed by atoms with Crippen LogP contribution in [0.25, 0.3) is 0 Å². The minimum atomic E-state index is 1.12. The van der Waals surface area contributed by atoms with Crippen molar-refractivity contribution in [2.24, 2.45) is 0 Å². The quantitative estimate of drug-likeness (QED) is 0.0305. The van der Waals surface area contributed by atoms with Gasteiger partial charge >= 0.3 is 0 Å². The Balaban J connectivity index is 1.85. The predicted molar refractivity (Wildman–Crippen MR) is 375 cm³/mol. The van der Waals surface area contributed by atoms with Gasteiger partial charge in [-0.15, -0.1) is 0 Å². The van der Waals surface area contributed by atoms with E-state index in [9.17, 15) is 0 Å². The van der Waals surface area contributed by atoms with E-state index in [1.54, 1.807) is 0 Å². The van der Waals surface area contributed by atoms with Crippen molar-refractivity contribution in [1.82, 2.24) is 0 Å². The smallest absolute Gasteiger partial charge is 0.0408 e. The van der Waals surface area contributed by atoms with Gasteiger partial charge in [-0.1, -0.05) is 347 Å². The van der Waals surface area contributed by atoms with Gasteiger partial charge in [0.25, 0.3) is 0 Å². The number of hydrogen-bond acceptors (Lipinski definition) is 0. The number of benzene rings is 3. The van der Waals surface area contributed by atoms with Crippen LogP contribution in [0.15, 0.2) is 36.4 Å². The molecule has 3 aromatic rings. The third-order valence-electron chi connectivity index (χ3n) is 18.8. The lowest BCUT2D eigenvalue weighted by Gasteiger charge is -2.15. The number of hydrogen-bond donors (Lipinski definition) is 0. The first-order chi connectivity index (χ1) is 41.5. The Labute approximate surface area is 524 Å². The number of fused-ring (bicyclic) bond motifs is 3. The van der Waals surface area contributed by atoms with Gasteiger partial charge in [0, 0.05) is 33.4 Å². The van der Waals surface area contributed by atoms with Crippen molar-refractivity contribution in [2.45, 2.75) is 388 Å². The van der Waals surface area contributed by atoms with Gasteiger partial charge in [0.05, 0.1) is 0 Å². The first-order valence-electron chi connectivity index (χ1n) is 37.6. The van der Waals surface area contributed by atoms with Crippen LogP contribution in [0, 0.1) is 35.5 Å². The molecule has 0 N–H and O–H groups in total. The van der Waals surface area contributed by atoms with E-state index in [-0.39, 0.29) is 0 Å². The monoisotopic (exact) mass is 1140 g/mol. The van der Waals surface area contributed by atoms with Gasteiger partial charge in [-0.05, 0) is 147 Å². The summed E-state index contributed by atoms with van der Waals surface area (Å²) in [6.45, 7) is 14.0. The topological polar surface area (TPSA) is 0 Å². The average molecular weight is 1140 g/mol. The number of rotatable bonds is 54. The van der Waals surface area contributed by atoms with Gasteiger partial charge in [0.2, 0.25) is 0 Å². The van der Waals surface area contributed by atoms with Gasteiger partial charge in [0.1, 0.15) is 0 Å². The van der Waals surface area contributed by atoms with E-state index in [0.29, 0.717) is 0 Å². The fraction of sp³-hybridized carbons (Fsp3) is 0.714. The molecule has 0 spiro atoms. The van der Waals surface area contributed by atoms with Crippen LogP contribution >= 0.6 is 0 Å². The summed E-state index contributed by atoms with van der Waals surface area (Å²) in [7, 11) is 0. The van der Waals surface area contributed by atoms with E-state index in [4.69, 9.17) is 0 Å².